The Morgan fingerprint density at radius 1 is 1.16 bits per heavy atom. The molecule has 0 aliphatic carbocycles. The number of nitrogens with two attached hydrogens (primary N) is 1. The number of aryl methyl sites for hydroxylation is 1. The van der Waals surface area contributed by atoms with Gasteiger partial charge in [0.05, 0.1) is 11.9 Å². The van der Waals surface area contributed by atoms with E-state index in [1.54, 1.807) is 0 Å². The third-order valence-electron chi connectivity index (χ3n) is 2.96. The molecule has 0 fully saturated rings. The lowest BCUT2D eigenvalue weighted by Crippen LogP contribution is -1.98. The van der Waals surface area contributed by atoms with Crippen LogP contribution in [0.15, 0.2) is 24.4 Å². The molecule has 0 atom stereocenters. The third kappa shape index (κ3) is 3.61. The second-order valence-electron chi connectivity index (χ2n) is 4.47. The Bertz CT molecular complexity index is 537. The van der Waals surface area contributed by atoms with Gasteiger partial charge in [-0.3, -0.25) is 0 Å². The van der Waals surface area contributed by atoms with Crippen molar-refractivity contribution in [2.75, 3.05) is 6.54 Å². The Morgan fingerprint density at radius 3 is 2.79 bits per heavy atom. The normalized spacial score (nSPS) is 10.9. The molecule has 2 rings (SSSR count). The first-order valence-electron chi connectivity index (χ1n) is 6.40. The summed E-state index contributed by atoms with van der Waals surface area (Å²) in [7, 11) is 0. The van der Waals surface area contributed by atoms with E-state index in [0.717, 1.165) is 43.6 Å². The maximum absolute atomic E-state index is 13.6. The van der Waals surface area contributed by atoms with Crippen LogP contribution in [0, 0.1) is 11.6 Å². The molecule has 0 radical (unpaired) electrons. The Hall–Kier alpha value is -1.75. The van der Waals surface area contributed by atoms with Crippen LogP contribution in [0.3, 0.4) is 0 Å². The zero-order valence-electron chi connectivity index (χ0n) is 10.6. The Labute approximate surface area is 110 Å². The maximum Gasteiger partial charge on any atom is 0.132 e. The quantitative estimate of drug-likeness (QED) is 0.789. The molecule has 0 saturated carbocycles. The van der Waals surface area contributed by atoms with Crippen LogP contribution in [0.4, 0.5) is 8.78 Å². The molecular weight excluding hydrogens is 248 g/mol. The van der Waals surface area contributed by atoms with Gasteiger partial charge in [0.2, 0.25) is 0 Å². The summed E-state index contributed by atoms with van der Waals surface area (Å²) in [6, 6.07) is 3.39. The van der Waals surface area contributed by atoms with E-state index in [4.69, 9.17) is 5.73 Å². The van der Waals surface area contributed by atoms with Crippen LogP contribution in [-0.2, 0) is 6.42 Å². The number of rotatable bonds is 6. The van der Waals surface area contributed by atoms with E-state index < -0.39 is 11.6 Å². The van der Waals surface area contributed by atoms with Gasteiger partial charge < -0.3 is 10.7 Å². The van der Waals surface area contributed by atoms with Crippen molar-refractivity contribution in [1.29, 1.82) is 0 Å². The molecule has 3 N–H and O–H groups in total. The van der Waals surface area contributed by atoms with Crippen LogP contribution < -0.4 is 5.73 Å². The second-order valence-corrected chi connectivity index (χ2v) is 4.47. The van der Waals surface area contributed by atoms with Crippen LogP contribution >= 0.6 is 0 Å². The molecule has 102 valence electrons. The van der Waals surface area contributed by atoms with E-state index >= 15 is 0 Å². The van der Waals surface area contributed by atoms with Gasteiger partial charge in [0.15, 0.2) is 0 Å². The van der Waals surface area contributed by atoms with Crippen molar-refractivity contribution < 1.29 is 8.78 Å². The van der Waals surface area contributed by atoms with Crippen molar-refractivity contribution in [3.63, 3.8) is 0 Å². The van der Waals surface area contributed by atoms with Gasteiger partial charge in [-0.25, -0.2) is 13.8 Å². The summed E-state index contributed by atoms with van der Waals surface area (Å²) in [5.74, 6) is -0.133. The molecule has 0 spiro atoms. The minimum atomic E-state index is -0.463. The lowest BCUT2D eigenvalue weighted by atomic mass is 10.1. The summed E-state index contributed by atoms with van der Waals surface area (Å²) in [5.41, 5.74) is 6.13. The molecule has 1 aromatic carbocycles. The van der Waals surface area contributed by atoms with Crippen molar-refractivity contribution in [2.24, 2.45) is 5.73 Å². The van der Waals surface area contributed by atoms with Crippen molar-refractivity contribution in [3.8, 4) is 11.3 Å². The molecule has 0 aliphatic heterocycles. The van der Waals surface area contributed by atoms with E-state index in [9.17, 15) is 8.78 Å². The molecule has 5 heteroatoms. The number of unbranched alkanes of at least 4 members (excludes halogenated alkanes) is 2. The highest BCUT2D eigenvalue weighted by molar-refractivity contribution is 5.59. The minimum absolute atomic E-state index is 0.209. The van der Waals surface area contributed by atoms with Gasteiger partial charge in [-0.15, -0.1) is 0 Å². The molecule has 1 aromatic heterocycles. The molecule has 1 heterocycles. The number of halogens is 2. The number of imidazole rings is 1. The van der Waals surface area contributed by atoms with Gasteiger partial charge in [0.1, 0.15) is 17.5 Å². The molecule has 0 aliphatic rings. The zero-order valence-corrected chi connectivity index (χ0v) is 10.6. The van der Waals surface area contributed by atoms with Crippen LogP contribution in [0.2, 0.25) is 0 Å². The highest BCUT2D eigenvalue weighted by Crippen LogP contribution is 2.22. The SMILES string of the molecule is NCCCCCc1ncc(-c2cc(F)ccc2F)[nH]1. The van der Waals surface area contributed by atoms with E-state index in [1.165, 1.54) is 12.3 Å². The Balaban J connectivity index is 2.06. The zero-order chi connectivity index (χ0) is 13.7. The van der Waals surface area contributed by atoms with Crippen LogP contribution in [0.5, 0.6) is 0 Å². The summed E-state index contributed by atoms with van der Waals surface area (Å²) < 4.78 is 26.7. The molecular formula is C14H17F2N3. The fourth-order valence-corrected chi connectivity index (χ4v) is 1.94. The predicted molar refractivity (Wildman–Crippen MR) is 70.5 cm³/mol. The number of nitrogens with one attached hydrogen (secondary N) is 1. The summed E-state index contributed by atoms with van der Waals surface area (Å²) in [6.07, 6.45) is 5.34. The van der Waals surface area contributed by atoms with Gasteiger partial charge in [0, 0.05) is 12.0 Å². The Kier molecular flexibility index (Phi) is 4.63. The van der Waals surface area contributed by atoms with Crippen molar-refractivity contribution >= 4 is 0 Å². The first kappa shape index (κ1) is 13.7. The first-order valence-corrected chi connectivity index (χ1v) is 6.40. The van der Waals surface area contributed by atoms with Gasteiger partial charge in [-0.1, -0.05) is 6.42 Å². The minimum Gasteiger partial charge on any atom is -0.342 e. The van der Waals surface area contributed by atoms with Crippen molar-refractivity contribution in [1.82, 2.24) is 9.97 Å². The highest BCUT2D eigenvalue weighted by atomic mass is 19.1. The average Bonchev–Trinajstić information content (AvgIpc) is 2.86. The highest BCUT2D eigenvalue weighted by Gasteiger charge is 2.09. The van der Waals surface area contributed by atoms with Gasteiger partial charge >= 0.3 is 0 Å². The molecule has 0 bridgehead atoms. The molecule has 0 saturated heterocycles. The van der Waals surface area contributed by atoms with Crippen LogP contribution in [0.1, 0.15) is 25.1 Å². The molecule has 2 aromatic rings. The summed E-state index contributed by atoms with van der Waals surface area (Å²) >= 11 is 0. The molecule has 19 heavy (non-hydrogen) atoms. The van der Waals surface area contributed by atoms with Crippen LogP contribution in [-0.4, -0.2) is 16.5 Å². The van der Waals surface area contributed by atoms with E-state index in [-0.39, 0.29) is 5.56 Å². The van der Waals surface area contributed by atoms with Crippen LogP contribution in [0.25, 0.3) is 11.3 Å². The summed E-state index contributed by atoms with van der Waals surface area (Å²) in [5, 5.41) is 0. The third-order valence-corrected chi connectivity index (χ3v) is 2.96. The smallest absolute Gasteiger partial charge is 0.132 e. The lowest BCUT2D eigenvalue weighted by Gasteiger charge is -2.00. The monoisotopic (exact) mass is 265 g/mol. The average molecular weight is 265 g/mol. The number of nitrogens with zero attached hydrogens (tertiary/aromatic N) is 1. The standard InChI is InChI=1S/C14H17F2N3/c15-10-5-6-12(16)11(8-10)13-9-18-14(19-13)4-2-1-3-7-17/h5-6,8-9H,1-4,7,17H2,(H,18,19). The molecule has 0 unspecified atom stereocenters. The topological polar surface area (TPSA) is 54.7 Å². The van der Waals surface area contributed by atoms with Crippen molar-refractivity contribution in [3.05, 3.63) is 41.9 Å². The maximum atomic E-state index is 13.6. The number of aromatic nitrogens is 2. The number of hydrogen-bond donors (Lipinski definition) is 2. The fourth-order valence-electron chi connectivity index (χ4n) is 1.94. The second kappa shape index (κ2) is 6.43. The predicted octanol–water partition coefficient (Wildman–Crippen LogP) is 3.03. The number of hydrogen-bond acceptors (Lipinski definition) is 2. The van der Waals surface area contributed by atoms with E-state index in [1.807, 2.05) is 0 Å². The largest absolute Gasteiger partial charge is 0.342 e. The lowest BCUT2D eigenvalue weighted by molar-refractivity contribution is 0.602. The number of benzene rings is 1. The summed E-state index contributed by atoms with van der Waals surface area (Å²) in [4.78, 5) is 7.21. The Morgan fingerprint density at radius 2 is 2.00 bits per heavy atom. The van der Waals surface area contributed by atoms with E-state index in [2.05, 4.69) is 9.97 Å². The van der Waals surface area contributed by atoms with E-state index in [0.29, 0.717) is 12.2 Å². The van der Waals surface area contributed by atoms with Gasteiger partial charge in [-0.05, 0) is 37.6 Å². The number of H-pyrrole nitrogens is 1. The van der Waals surface area contributed by atoms with Crippen molar-refractivity contribution in [2.45, 2.75) is 25.7 Å². The van der Waals surface area contributed by atoms with Gasteiger partial charge in [-0.2, -0.15) is 0 Å². The first-order chi connectivity index (χ1) is 9.20. The number of aromatic amines is 1. The molecule has 0 amide bonds. The summed E-state index contributed by atoms with van der Waals surface area (Å²) in [6.45, 7) is 0.692. The molecule has 3 nitrogen and oxygen atoms in total. The fraction of sp³-hybridized carbons (Fsp3) is 0.357. The van der Waals surface area contributed by atoms with Gasteiger partial charge in [0.25, 0.3) is 0 Å².